The van der Waals surface area contributed by atoms with Gasteiger partial charge in [0, 0.05) is 21.6 Å². The smallest absolute Gasteiger partial charge is 0.118 e. The molecule has 4 heteroatoms. The van der Waals surface area contributed by atoms with Crippen molar-refractivity contribution in [3.05, 3.63) is 48.5 Å². The molecule has 3 aromatic rings. The van der Waals surface area contributed by atoms with Gasteiger partial charge in [0.15, 0.2) is 0 Å². The van der Waals surface area contributed by atoms with Crippen LogP contribution in [0.4, 0.5) is 0 Å². The van der Waals surface area contributed by atoms with Gasteiger partial charge in [-0.05, 0) is 35.9 Å². The van der Waals surface area contributed by atoms with Gasteiger partial charge in [-0.25, -0.2) is 0 Å². The van der Waals surface area contributed by atoms with E-state index in [1.807, 2.05) is 23.9 Å². The molecule has 0 spiro atoms. The molecule has 2 aromatic carbocycles. The van der Waals surface area contributed by atoms with E-state index in [2.05, 4.69) is 47.1 Å². The predicted octanol–water partition coefficient (Wildman–Crippen LogP) is 3.18. The van der Waals surface area contributed by atoms with Crippen molar-refractivity contribution in [3.63, 3.8) is 0 Å². The lowest BCUT2D eigenvalue weighted by Gasteiger charge is -2.05. The number of thioether (sulfide) groups is 1. The number of benzene rings is 2. The molecule has 4 N–H and O–H groups in total. The molecule has 1 aromatic heterocycles. The minimum atomic E-state index is 0.877. The van der Waals surface area contributed by atoms with Gasteiger partial charge >= 0.3 is 0 Å². The largest absolute Gasteiger partial charge is 0.497 e. The van der Waals surface area contributed by atoms with E-state index in [1.165, 1.54) is 27.1 Å². The number of aromatic nitrogens is 1. The van der Waals surface area contributed by atoms with E-state index in [0.29, 0.717) is 0 Å². The topological polar surface area (TPSA) is 52.7 Å². The van der Waals surface area contributed by atoms with Crippen molar-refractivity contribution in [2.24, 2.45) is 0 Å². The van der Waals surface area contributed by atoms with E-state index in [9.17, 15) is 0 Å². The highest BCUT2D eigenvalue weighted by Crippen LogP contribution is 2.37. The molecular formula is C17H19N2OS+. The maximum atomic E-state index is 5.24. The minimum Gasteiger partial charge on any atom is -0.497 e. The van der Waals surface area contributed by atoms with Crippen LogP contribution in [-0.2, 0) is 0 Å². The molecule has 0 bridgehead atoms. The standard InChI is InChI=1S/C17H18N2OS/c1-20-13-8-6-12(7-9-13)16-17(21-11-10-18)14-4-2-3-5-15(14)19-16/h2-9,19H,10-11,18H2,1H3/p+1. The zero-order valence-electron chi connectivity index (χ0n) is 12.1. The minimum absolute atomic E-state index is 0.877. The van der Waals surface area contributed by atoms with Gasteiger partial charge in [0.2, 0.25) is 0 Å². The summed E-state index contributed by atoms with van der Waals surface area (Å²) in [5.41, 5.74) is 7.48. The first-order valence-corrected chi connectivity index (χ1v) is 7.99. The fraction of sp³-hybridized carbons (Fsp3) is 0.176. The predicted molar refractivity (Wildman–Crippen MR) is 88.8 cm³/mol. The van der Waals surface area contributed by atoms with Crippen molar-refractivity contribution in [3.8, 4) is 17.0 Å². The molecule has 0 atom stereocenters. The van der Waals surface area contributed by atoms with Crippen molar-refractivity contribution in [1.29, 1.82) is 0 Å². The van der Waals surface area contributed by atoms with Crippen LogP contribution in [0, 0.1) is 0 Å². The molecule has 0 aliphatic rings. The van der Waals surface area contributed by atoms with Gasteiger partial charge < -0.3 is 15.5 Å². The first kappa shape index (κ1) is 14.0. The Bertz CT molecular complexity index is 734. The highest BCUT2D eigenvalue weighted by molar-refractivity contribution is 7.99. The number of rotatable bonds is 5. The molecule has 0 aliphatic carbocycles. The molecule has 0 amide bonds. The number of aromatic amines is 1. The second kappa shape index (κ2) is 6.24. The van der Waals surface area contributed by atoms with Crippen LogP contribution in [0.2, 0.25) is 0 Å². The monoisotopic (exact) mass is 299 g/mol. The fourth-order valence-corrected chi connectivity index (χ4v) is 3.40. The normalized spacial score (nSPS) is 11.0. The Morgan fingerprint density at radius 1 is 1.10 bits per heavy atom. The van der Waals surface area contributed by atoms with Crippen LogP contribution >= 0.6 is 11.8 Å². The maximum absolute atomic E-state index is 5.24. The summed E-state index contributed by atoms with van der Waals surface area (Å²) in [6.45, 7) is 0.923. The molecule has 0 saturated heterocycles. The second-order valence-electron chi connectivity index (χ2n) is 4.81. The molecule has 108 valence electrons. The highest BCUT2D eigenvalue weighted by atomic mass is 32.2. The summed E-state index contributed by atoms with van der Waals surface area (Å²) in [7, 11) is 1.69. The molecule has 0 fully saturated rings. The SMILES string of the molecule is COc1ccc(-c2[nH]c3ccccc3c2SCC[NH3+])cc1. The van der Waals surface area contributed by atoms with Crippen LogP contribution < -0.4 is 10.5 Å². The third kappa shape index (κ3) is 2.77. The third-order valence-electron chi connectivity index (χ3n) is 3.43. The quantitative estimate of drug-likeness (QED) is 0.711. The number of H-pyrrole nitrogens is 1. The summed E-state index contributed by atoms with van der Waals surface area (Å²) in [6.07, 6.45) is 0. The van der Waals surface area contributed by atoms with Crippen molar-refractivity contribution >= 4 is 22.7 Å². The van der Waals surface area contributed by atoms with Gasteiger partial charge in [-0.2, -0.15) is 0 Å². The summed E-state index contributed by atoms with van der Waals surface area (Å²) in [5.74, 6) is 1.90. The van der Waals surface area contributed by atoms with Gasteiger partial charge in [0.1, 0.15) is 5.75 Å². The molecular weight excluding hydrogens is 280 g/mol. The van der Waals surface area contributed by atoms with E-state index in [0.717, 1.165) is 18.0 Å². The highest BCUT2D eigenvalue weighted by Gasteiger charge is 2.13. The van der Waals surface area contributed by atoms with Crippen LogP contribution in [0.5, 0.6) is 5.75 Å². The van der Waals surface area contributed by atoms with Crippen LogP contribution in [0.25, 0.3) is 22.2 Å². The molecule has 3 nitrogen and oxygen atoms in total. The van der Waals surface area contributed by atoms with Gasteiger partial charge in [0.25, 0.3) is 0 Å². The first-order chi connectivity index (χ1) is 10.3. The number of para-hydroxylation sites is 1. The van der Waals surface area contributed by atoms with Crippen molar-refractivity contribution < 1.29 is 10.5 Å². The fourth-order valence-electron chi connectivity index (χ4n) is 2.40. The van der Waals surface area contributed by atoms with Crippen molar-refractivity contribution in [2.45, 2.75) is 4.90 Å². The third-order valence-corrected chi connectivity index (χ3v) is 4.63. The van der Waals surface area contributed by atoms with E-state index in [4.69, 9.17) is 4.74 Å². The summed E-state index contributed by atoms with van der Waals surface area (Å²) in [4.78, 5) is 4.85. The van der Waals surface area contributed by atoms with Crippen LogP contribution in [0.3, 0.4) is 0 Å². The Kier molecular flexibility index (Phi) is 4.18. The number of methoxy groups -OCH3 is 1. The maximum Gasteiger partial charge on any atom is 0.118 e. The Balaban J connectivity index is 2.10. The van der Waals surface area contributed by atoms with Crippen LogP contribution in [0.1, 0.15) is 0 Å². The summed E-state index contributed by atoms with van der Waals surface area (Å²) in [5, 5.41) is 1.28. The van der Waals surface area contributed by atoms with Crippen LogP contribution in [-0.4, -0.2) is 24.4 Å². The summed E-state index contributed by atoms with van der Waals surface area (Å²) >= 11 is 1.86. The molecule has 3 rings (SSSR count). The Labute approximate surface area is 128 Å². The number of hydrogen-bond donors (Lipinski definition) is 2. The molecule has 0 unspecified atom stereocenters. The molecule has 0 saturated carbocycles. The summed E-state index contributed by atoms with van der Waals surface area (Å²) < 4.78 is 5.24. The second-order valence-corrected chi connectivity index (χ2v) is 5.91. The number of ether oxygens (including phenoxy) is 1. The lowest BCUT2D eigenvalue weighted by atomic mass is 10.1. The summed E-state index contributed by atoms with van der Waals surface area (Å²) in [6, 6.07) is 16.6. The number of hydrogen-bond acceptors (Lipinski definition) is 2. The zero-order valence-corrected chi connectivity index (χ0v) is 12.9. The van der Waals surface area contributed by atoms with E-state index in [1.54, 1.807) is 7.11 Å². The van der Waals surface area contributed by atoms with Gasteiger partial charge in [-0.1, -0.05) is 18.2 Å². The Hall–Kier alpha value is -1.91. The Morgan fingerprint density at radius 2 is 1.86 bits per heavy atom. The van der Waals surface area contributed by atoms with Gasteiger partial charge in [0.05, 0.1) is 19.3 Å². The van der Waals surface area contributed by atoms with E-state index in [-0.39, 0.29) is 0 Å². The first-order valence-electron chi connectivity index (χ1n) is 7.00. The van der Waals surface area contributed by atoms with Crippen LogP contribution in [0.15, 0.2) is 53.4 Å². The average Bonchev–Trinajstić information content (AvgIpc) is 2.91. The lowest BCUT2D eigenvalue weighted by Crippen LogP contribution is -2.51. The number of quaternary nitrogens is 1. The van der Waals surface area contributed by atoms with E-state index >= 15 is 0 Å². The zero-order chi connectivity index (χ0) is 14.7. The molecule has 1 heterocycles. The van der Waals surface area contributed by atoms with E-state index < -0.39 is 0 Å². The van der Waals surface area contributed by atoms with Gasteiger partial charge in [-0.15, -0.1) is 11.8 Å². The Morgan fingerprint density at radius 3 is 2.57 bits per heavy atom. The van der Waals surface area contributed by atoms with Crippen molar-refractivity contribution in [1.82, 2.24) is 4.98 Å². The number of nitrogens with one attached hydrogen (secondary N) is 1. The average molecular weight is 299 g/mol. The number of fused-ring (bicyclic) bond motifs is 1. The lowest BCUT2D eigenvalue weighted by molar-refractivity contribution is -0.360. The molecule has 21 heavy (non-hydrogen) atoms. The molecule has 0 aliphatic heterocycles. The van der Waals surface area contributed by atoms with Crippen molar-refractivity contribution in [2.75, 3.05) is 19.4 Å². The molecule has 0 radical (unpaired) electrons. The van der Waals surface area contributed by atoms with Gasteiger partial charge in [-0.3, -0.25) is 0 Å².